The van der Waals surface area contributed by atoms with Gasteiger partial charge in [0.2, 0.25) is 0 Å². The zero-order valence-corrected chi connectivity index (χ0v) is 13.1. The molecule has 2 aromatic rings. The highest BCUT2D eigenvalue weighted by Crippen LogP contribution is 2.17. The van der Waals surface area contributed by atoms with E-state index in [0.29, 0.717) is 17.8 Å². The first-order chi connectivity index (χ1) is 9.88. The third-order valence-corrected chi connectivity index (χ3v) is 3.77. The Morgan fingerprint density at radius 1 is 1.05 bits per heavy atom. The summed E-state index contributed by atoms with van der Waals surface area (Å²) >= 11 is 0. The van der Waals surface area contributed by atoms with Crippen LogP contribution in [-0.4, -0.2) is 17.9 Å². The highest BCUT2D eigenvalue weighted by Gasteiger charge is 2.13. The third kappa shape index (κ3) is 3.43. The molecule has 0 saturated heterocycles. The van der Waals surface area contributed by atoms with Gasteiger partial charge in [-0.25, -0.2) is 0 Å². The number of amides is 1. The number of carbonyl (C=O) groups excluding carboxylic acids is 1. The van der Waals surface area contributed by atoms with Crippen LogP contribution < -0.4 is 5.73 Å². The molecule has 0 aliphatic rings. The zero-order valence-electron chi connectivity index (χ0n) is 13.1. The molecule has 0 bridgehead atoms. The van der Waals surface area contributed by atoms with Gasteiger partial charge in [-0.1, -0.05) is 23.8 Å². The van der Waals surface area contributed by atoms with Crippen LogP contribution in [0.2, 0.25) is 0 Å². The first-order valence-corrected chi connectivity index (χ1v) is 7.06. The number of nitrogen functional groups attached to an aromatic ring is 1. The van der Waals surface area contributed by atoms with E-state index in [1.54, 1.807) is 17.0 Å². The van der Waals surface area contributed by atoms with E-state index in [2.05, 4.69) is 32.0 Å². The number of carbonyl (C=O) groups is 1. The molecule has 0 heterocycles. The summed E-state index contributed by atoms with van der Waals surface area (Å²) in [6.45, 7) is 6.67. The number of rotatable bonds is 3. The lowest BCUT2D eigenvalue weighted by atomic mass is 10.0. The highest BCUT2D eigenvalue weighted by molar-refractivity contribution is 5.94. The van der Waals surface area contributed by atoms with E-state index in [4.69, 9.17) is 5.73 Å². The van der Waals surface area contributed by atoms with Crippen molar-refractivity contribution in [3.05, 3.63) is 64.2 Å². The number of hydrogen-bond acceptors (Lipinski definition) is 2. The summed E-state index contributed by atoms with van der Waals surface area (Å²) in [5, 5.41) is 0. The molecular formula is C18H22N2O. The minimum atomic E-state index is 0.0121. The number of benzene rings is 2. The van der Waals surface area contributed by atoms with Crippen molar-refractivity contribution in [3.8, 4) is 0 Å². The van der Waals surface area contributed by atoms with Crippen molar-refractivity contribution in [3.63, 3.8) is 0 Å². The van der Waals surface area contributed by atoms with Crippen LogP contribution in [0, 0.1) is 20.8 Å². The van der Waals surface area contributed by atoms with Crippen LogP contribution in [-0.2, 0) is 6.54 Å². The van der Waals surface area contributed by atoms with Crippen LogP contribution in [0.1, 0.15) is 32.6 Å². The summed E-state index contributed by atoms with van der Waals surface area (Å²) in [5.41, 5.74) is 11.7. The average molecular weight is 282 g/mol. The monoisotopic (exact) mass is 282 g/mol. The summed E-state index contributed by atoms with van der Waals surface area (Å²) in [6, 6.07) is 11.7. The molecule has 0 atom stereocenters. The van der Waals surface area contributed by atoms with Gasteiger partial charge in [0.15, 0.2) is 0 Å². The van der Waals surface area contributed by atoms with Gasteiger partial charge in [0, 0.05) is 24.8 Å². The normalized spacial score (nSPS) is 10.5. The van der Waals surface area contributed by atoms with E-state index in [0.717, 1.165) is 5.56 Å². The first-order valence-electron chi connectivity index (χ1n) is 7.06. The third-order valence-electron chi connectivity index (χ3n) is 3.77. The summed E-state index contributed by atoms with van der Waals surface area (Å²) in [6.07, 6.45) is 0. The Morgan fingerprint density at radius 2 is 1.76 bits per heavy atom. The lowest BCUT2D eigenvalue weighted by Gasteiger charge is -2.19. The van der Waals surface area contributed by atoms with Crippen LogP contribution in [0.4, 0.5) is 5.69 Å². The first kappa shape index (κ1) is 15.1. The maximum absolute atomic E-state index is 12.5. The van der Waals surface area contributed by atoms with Crippen molar-refractivity contribution in [1.82, 2.24) is 4.90 Å². The number of aryl methyl sites for hydroxylation is 3. The number of anilines is 1. The van der Waals surface area contributed by atoms with Crippen molar-refractivity contribution >= 4 is 11.6 Å². The molecule has 0 saturated carbocycles. The van der Waals surface area contributed by atoms with Gasteiger partial charge < -0.3 is 10.6 Å². The van der Waals surface area contributed by atoms with Gasteiger partial charge in [0.1, 0.15) is 0 Å². The van der Waals surface area contributed by atoms with E-state index in [1.807, 2.05) is 20.0 Å². The number of hydrogen-bond donors (Lipinski definition) is 1. The SMILES string of the molecule is Cc1ccc(CN(C)C(=O)c2ccc(N)c(C)c2)c(C)c1. The molecule has 3 nitrogen and oxygen atoms in total. The van der Waals surface area contributed by atoms with Gasteiger partial charge in [-0.2, -0.15) is 0 Å². The number of nitrogens with two attached hydrogens (primary N) is 1. The fourth-order valence-electron chi connectivity index (χ4n) is 2.38. The van der Waals surface area contributed by atoms with Crippen molar-refractivity contribution < 1.29 is 4.79 Å². The second kappa shape index (κ2) is 6.00. The van der Waals surface area contributed by atoms with E-state index in [-0.39, 0.29) is 5.91 Å². The molecular weight excluding hydrogens is 260 g/mol. The average Bonchev–Trinajstić information content (AvgIpc) is 2.44. The maximum atomic E-state index is 12.5. The van der Waals surface area contributed by atoms with Crippen LogP contribution >= 0.6 is 0 Å². The Bertz CT molecular complexity index is 677. The van der Waals surface area contributed by atoms with Gasteiger partial charge >= 0.3 is 0 Å². The molecule has 0 radical (unpaired) electrons. The van der Waals surface area contributed by atoms with Crippen LogP contribution in [0.25, 0.3) is 0 Å². The second-order valence-corrected chi connectivity index (χ2v) is 5.66. The quantitative estimate of drug-likeness (QED) is 0.876. The summed E-state index contributed by atoms with van der Waals surface area (Å²) in [7, 11) is 1.83. The summed E-state index contributed by atoms with van der Waals surface area (Å²) < 4.78 is 0. The summed E-state index contributed by atoms with van der Waals surface area (Å²) in [5.74, 6) is 0.0121. The van der Waals surface area contributed by atoms with Gasteiger partial charge in [-0.15, -0.1) is 0 Å². The Morgan fingerprint density at radius 3 is 2.38 bits per heavy atom. The topological polar surface area (TPSA) is 46.3 Å². The van der Waals surface area contributed by atoms with Crippen molar-refractivity contribution in [2.75, 3.05) is 12.8 Å². The van der Waals surface area contributed by atoms with Crippen LogP contribution in [0.5, 0.6) is 0 Å². The molecule has 0 aromatic heterocycles. The van der Waals surface area contributed by atoms with Gasteiger partial charge in [0.05, 0.1) is 0 Å². The Kier molecular flexibility index (Phi) is 4.32. The molecule has 0 aliphatic heterocycles. The van der Waals surface area contributed by atoms with Crippen molar-refractivity contribution in [2.24, 2.45) is 0 Å². The van der Waals surface area contributed by atoms with E-state index in [9.17, 15) is 4.79 Å². The lowest BCUT2D eigenvalue weighted by Crippen LogP contribution is -2.26. The Labute approximate surface area is 126 Å². The maximum Gasteiger partial charge on any atom is 0.253 e. The predicted molar refractivity (Wildman–Crippen MR) is 87.3 cm³/mol. The fourth-order valence-corrected chi connectivity index (χ4v) is 2.38. The molecule has 2 N–H and O–H groups in total. The van der Waals surface area contributed by atoms with E-state index >= 15 is 0 Å². The molecule has 21 heavy (non-hydrogen) atoms. The molecule has 0 unspecified atom stereocenters. The molecule has 0 spiro atoms. The lowest BCUT2D eigenvalue weighted by molar-refractivity contribution is 0.0785. The highest BCUT2D eigenvalue weighted by atomic mass is 16.2. The van der Waals surface area contributed by atoms with Crippen molar-refractivity contribution in [1.29, 1.82) is 0 Å². The smallest absolute Gasteiger partial charge is 0.253 e. The molecule has 2 aromatic carbocycles. The van der Waals surface area contributed by atoms with Crippen molar-refractivity contribution in [2.45, 2.75) is 27.3 Å². The standard InChI is InChI=1S/C18H22N2O/c1-12-5-6-16(13(2)9-12)11-20(4)18(21)15-7-8-17(19)14(3)10-15/h5-10H,11,19H2,1-4H3. The summed E-state index contributed by atoms with van der Waals surface area (Å²) in [4.78, 5) is 14.2. The molecule has 1 amide bonds. The molecule has 110 valence electrons. The molecule has 2 rings (SSSR count). The minimum Gasteiger partial charge on any atom is -0.399 e. The Balaban J connectivity index is 2.17. The Hall–Kier alpha value is -2.29. The zero-order chi connectivity index (χ0) is 15.6. The van der Waals surface area contributed by atoms with Crippen LogP contribution in [0.15, 0.2) is 36.4 Å². The molecule has 3 heteroatoms. The number of nitrogens with zero attached hydrogens (tertiary/aromatic N) is 1. The largest absolute Gasteiger partial charge is 0.399 e. The second-order valence-electron chi connectivity index (χ2n) is 5.66. The minimum absolute atomic E-state index is 0.0121. The molecule has 0 fully saturated rings. The van der Waals surface area contributed by atoms with E-state index < -0.39 is 0 Å². The van der Waals surface area contributed by atoms with E-state index in [1.165, 1.54) is 16.7 Å². The predicted octanol–water partition coefficient (Wildman–Crippen LogP) is 3.47. The fraction of sp³-hybridized carbons (Fsp3) is 0.278. The van der Waals surface area contributed by atoms with Crippen LogP contribution in [0.3, 0.4) is 0 Å². The van der Waals surface area contributed by atoms with Gasteiger partial charge in [-0.05, 0) is 55.7 Å². The van der Waals surface area contributed by atoms with Gasteiger partial charge in [0.25, 0.3) is 5.91 Å². The molecule has 0 aliphatic carbocycles. The van der Waals surface area contributed by atoms with Gasteiger partial charge in [-0.3, -0.25) is 4.79 Å².